The maximum Gasteiger partial charge on any atom is 0.408 e. The number of hydrogen-bond acceptors (Lipinski definition) is 3. The van der Waals surface area contributed by atoms with Crippen LogP contribution < -0.4 is 5.32 Å². The van der Waals surface area contributed by atoms with E-state index >= 15 is 0 Å². The van der Waals surface area contributed by atoms with Crippen molar-refractivity contribution in [2.24, 2.45) is 0 Å². The van der Waals surface area contributed by atoms with Gasteiger partial charge in [-0.25, -0.2) is 4.79 Å². The highest BCUT2D eigenvalue weighted by atomic mass is 79.9. The molecule has 0 aromatic heterocycles. The van der Waals surface area contributed by atoms with Crippen molar-refractivity contribution in [1.29, 1.82) is 0 Å². The molecule has 2 N–H and O–H groups in total. The maximum absolute atomic E-state index is 11.6. The topological polar surface area (TPSA) is 58.6 Å². The Hall–Kier alpha value is -1.23. The van der Waals surface area contributed by atoms with Gasteiger partial charge in [0.25, 0.3) is 0 Å². The highest BCUT2D eigenvalue weighted by molar-refractivity contribution is 9.10. The molecule has 0 unspecified atom stereocenters. The van der Waals surface area contributed by atoms with E-state index in [4.69, 9.17) is 4.74 Å². The van der Waals surface area contributed by atoms with Crippen molar-refractivity contribution in [2.75, 3.05) is 0 Å². The van der Waals surface area contributed by atoms with Gasteiger partial charge < -0.3 is 15.2 Å². The van der Waals surface area contributed by atoms with E-state index in [-0.39, 0.29) is 11.8 Å². The Balaban J connectivity index is 2.71. The first-order chi connectivity index (χ1) is 8.19. The lowest BCUT2D eigenvalue weighted by Crippen LogP contribution is -2.34. The fraction of sp³-hybridized carbons (Fsp3) is 0.462. The number of halogens is 1. The molecule has 0 spiro atoms. The van der Waals surface area contributed by atoms with Crippen molar-refractivity contribution in [1.82, 2.24) is 5.32 Å². The molecule has 0 fully saturated rings. The molecular formula is C13H18BrNO3. The Morgan fingerprint density at radius 1 is 1.44 bits per heavy atom. The van der Waals surface area contributed by atoms with Crippen molar-refractivity contribution < 1.29 is 14.6 Å². The van der Waals surface area contributed by atoms with E-state index in [1.807, 2.05) is 6.07 Å². The molecule has 1 atom stereocenters. The summed E-state index contributed by atoms with van der Waals surface area (Å²) in [4.78, 5) is 11.6. The zero-order chi connectivity index (χ0) is 13.9. The third kappa shape index (κ3) is 4.56. The maximum atomic E-state index is 11.6. The zero-order valence-electron chi connectivity index (χ0n) is 11.0. The average Bonchev–Trinajstić information content (AvgIpc) is 2.13. The van der Waals surface area contributed by atoms with Crippen LogP contribution in [0.2, 0.25) is 0 Å². The lowest BCUT2D eigenvalue weighted by molar-refractivity contribution is 0.0507. The zero-order valence-corrected chi connectivity index (χ0v) is 12.5. The van der Waals surface area contributed by atoms with E-state index in [1.165, 1.54) is 0 Å². The fourth-order valence-corrected chi connectivity index (χ4v) is 1.79. The number of carbonyl (C=O) groups is 1. The molecule has 0 bridgehead atoms. The molecule has 1 aromatic rings. The molecule has 0 aliphatic rings. The quantitative estimate of drug-likeness (QED) is 0.874. The van der Waals surface area contributed by atoms with Crippen molar-refractivity contribution in [3.63, 3.8) is 0 Å². The molecule has 4 nitrogen and oxygen atoms in total. The van der Waals surface area contributed by atoms with Gasteiger partial charge in [0.15, 0.2) is 0 Å². The summed E-state index contributed by atoms with van der Waals surface area (Å²) in [6.07, 6.45) is -0.502. The van der Waals surface area contributed by atoms with Gasteiger partial charge >= 0.3 is 6.09 Å². The van der Waals surface area contributed by atoms with Crippen molar-refractivity contribution >= 4 is 22.0 Å². The molecule has 0 saturated heterocycles. The summed E-state index contributed by atoms with van der Waals surface area (Å²) in [6, 6.07) is 4.82. The summed E-state index contributed by atoms with van der Waals surface area (Å²) in [5.74, 6) is 0.132. The van der Waals surface area contributed by atoms with Gasteiger partial charge in [-0.2, -0.15) is 0 Å². The van der Waals surface area contributed by atoms with Crippen LogP contribution in [-0.4, -0.2) is 16.8 Å². The van der Waals surface area contributed by atoms with Crippen LogP contribution in [0.5, 0.6) is 5.75 Å². The van der Waals surface area contributed by atoms with Crippen molar-refractivity contribution in [2.45, 2.75) is 39.3 Å². The number of alkyl carbamates (subject to hydrolysis) is 1. The summed E-state index contributed by atoms with van der Waals surface area (Å²) in [6.45, 7) is 7.18. The van der Waals surface area contributed by atoms with Crippen LogP contribution in [-0.2, 0) is 4.74 Å². The van der Waals surface area contributed by atoms with Gasteiger partial charge in [-0.05, 0) is 39.8 Å². The van der Waals surface area contributed by atoms with Crippen LogP contribution in [0.15, 0.2) is 22.7 Å². The van der Waals surface area contributed by atoms with Crippen molar-refractivity contribution in [3.8, 4) is 5.75 Å². The Kier molecular flexibility index (Phi) is 4.62. The number of hydrogen-bond donors (Lipinski definition) is 2. The summed E-state index contributed by atoms with van der Waals surface area (Å²) in [7, 11) is 0. The molecule has 0 aliphatic carbocycles. The molecule has 0 radical (unpaired) electrons. The van der Waals surface area contributed by atoms with Gasteiger partial charge in [0.2, 0.25) is 0 Å². The van der Waals surface area contributed by atoms with Crippen molar-refractivity contribution in [3.05, 3.63) is 28.2 Å². The van der Waals surface area contributed by atoms with E-state index < -0.39 is 11.7 Å². The lowest BCUT2D eigenvalue weighted by atomic mass is 10.1. The van der Waals surface area contributed by atoms with E-state index in [1.54, 1.807) is 39.8 Å². The molecular weight excluding hydrogens is 298 g/mol. The molecule has 0 saturated carbocycles. The SMILES string of the molecule is C[C@H](NC(=O)OC(C)(C)C)c1ccc(Br)cc1O. The van der Waals surface area contributed by atoms with Gasteiger partial charge in [0, 0.05) is 10.0 Å². The van der Waals surface area contributed by atoms with Crippen LogP contribution in [0, 0.1) is 0 Å². The van der Waals surface area contributed by atoms with Gasteiger partial charge in [-0.1, -0.05) is 22.0 Å². The first kappa shape index (κ1) is 14.8. The number of benzene rings is 1. The Labute approximate surface area is 115 Å². The Morgan fingerprint density at radius 2 is 2.06 bits per heavy atom. The molecule has 18 heavy (non-hydrogen) atoms. The minimum absolute atomic E-state index is 0.132. The number of ether oxygens (including phenoxy) is 1. The van der Waals surface area contributed by atoms with Crippen LogP contribution in [0.25, 0.3) is 0 Å². The van der Waals surface area contributed by atoms with Crippen LogP contribution in [0.3, 0.4) is 0 Å². The molecule has 5 heteroatoms. The molecule has 1 rings (SSSR count). The second kappa shape index (κ2) is 5.61. The number of phenols is 1. The number of phenolic OH excluding ortho intramolecular Hbond substituents is 1. The fourth-order valence-electron chi connectivity index (χ4n) is 1.45. The Bertz CT molecular complexity index is 440. The van der Waals surface area contributed by atoms with E-state index in [0.29, 0.717) is 5.56 Å². The number of rotatable bonds is 2. The van der Waals surface area contributed by atoms with Crippen LogP contribution in [0.4, 0.5) is 4.79 Å². The normalized spacial score (nSPS) is 12.9. The van der Waals surface area contributed by atoms with Gasteiger partial charge in [0.1, 0.15) is 11.4 Å². The monoisotopic (exact) mass is 315 g/mol. The van der Waals surface area contributed by atoms with Gasteiger partial charge in [-0.3, -0.25) is 0 Å². The smallest absolute Gasteiger partial charge is 0.408 e. The van der Waals surface area contributed by atoms with Gasteiger partial charge in [-0.15, -0.1) is 0 Å². The predicted molar refractivity (Wildman–Crippen MR) is 73.6 cm³/mol. The van der Waals surface area contributed by atoms with E-state index in [2.05, 4.69) is 21.2 Å². The lowest BCUT2D eigenvalue weighted by Gasteiger charge is -2.22. The molecule has 0 heterocycles. The minimum atomic E-state index is -0.536. The van der Waals surface area contributed by atoms with Crippen LogP contribution >= 0.6 is 15.9 Å². The first-order valence-electron chi connectivity index (χ1n) is 5.67. The van der Waals surface area contributed by atoms with Crippen LogP contribution in [0.1, 0.15) is 39.3 Å². The van der Waals surface area contributed by atoms with E-state index in [0.717, 1.165) is 4.47 Å². The molecule has 1 aromatic carbocycles. The number of aromatic hydroxyl groups is 1. The number of nitrogens with one attached hydrogen (secondary N) is 1. The first-order valence-corrected chi connectivity index (χ1v) is 6.46. The second-order valence-electron chi connectivity index (χ2n) is 5.07. The molecule has 100 valence electrons. The number of amides is 1. The third-order valence-corrected chi connectivity index (χ3v) is 2.69. The highest BCUT2D eigenvalue weighted by Crippen LogP contribution is 2.27. The summed E-state index contributed by atoms with van der Waals surface area (Å²) < 4.78 is 5.94. The van der Waals surface area contributed by atoms with E-state index in [9.17, 15) is 9.90 Å². The second-order valence-corrected chi connectivity index (χ2v) is 5.99. The largest absolute Gasteiger partial charge is 0.508 e. The summed E-state index contributed by atoms with van der Waals surface area (Å²) >= 11 is 3.26. The average molecular weight is 316 g/mol. The Morgan fingerprint density at radius 3 is 2.56 bits per heavy atom. The standard InChI is InChI=1S/C13H18BrNO3/c1-8(15-12(17)18-13(2,3)4)10-6-5-9(14)7-11(10)16/h5-8,16H,1-4H3,(H,15,17)/t8-/m0/s1. The molecule has 1 amide bonds. The third-order valence-electron chi connectivity index (χ3n) is 2.19. The van der Waals surface area contributed by atoms with Gasteiger partial charge in [0.05, 0.1) is 6.04 Å². The highest BCUT2D eigenvalue weighted by Gasteiger charge is 2.19. The summed E-state index contributed by atoms with van der Waals surface area (Å²) in [5.41, 5.74) is 0.107. The predicted octanol–water partition coefficient (Wildman–Crippen LogP) is 3.74. The molecule has 0 aliphatic heterocycles. The number of carbonyl (C=O) groups excluding carboxylic acids is 1. The minimum Gasteiger partial charge on any atom is -0.508 e. The summed E-state index contributed by atoms with van der Waals surface area (Å²) in [5, 5.41) is 12.5.